The van der Waals surface area contributed by atoms with Crippen molar-refractivity contribution >= 4 is 5.96 Å². The van der Waals surface area contributed by atoms with Gasteiger partial charge in [0, 0.05) is 38.9 Å². The second-order valence-corrected chi connectivity index (χ2v) is 4.72. The molecule has 0 aliphatic heterocycles. The zero-order valence-corrected chi connectivity index (χ0v) is 12.6. The summed E-state index contributed by atoms with van der Waals surface area (Å²) < 4.78 is 1.74. The van der Waals surface area contributed by atoms with Gasteiger partial charge in [0.25, 0.3) is 0 Å². The molecule has 0 radical (unpaired) electrons. The Balaban J connectivity index is 2.15. The van der Waals surface area contributed by atoms with Gasteiger partial charge in [0.1, 0.15) is 0 Å². The highest BCUT2D eigenvalue weighted by Gasteiger charge is 1.97. The zero-order chi connectivity index (χ0) is 14.6. The van der Waals surface area contributed by atoms with Gasteiger partial charge >= 0.3 is 0 Å². The van der Waals surface area contributed by atoms with E-state index in [1.54, 1.807) is 23.7 Å². The monoisotopic (exact) mass is 278 g/mol. The van der Waals surface area contributed by atoms with Crippen molar-refractivity contribution < 1.29 is 0 Å². The summed E-state index contributed by atoms with van der Waals surface area (Å²) in [4.78, 5) is 15.7. The summed E-state index contributed by atoms with van der Waals surface area (Å²) in [7, 11) is 1.78. The molecule has 0 fully saturated rings. The number of nitrogens with zero attached hydrogens (tertiary/aromatic N) is 2. The first-order valence-electron chi connectivity index (χ1n) is 7.38. The number of aliphatic imine (C=N–C) groups is 1. The Morgan fingerprint density at radius 3 is 2.60 bits per heavy atom. The molecule has 1 aromatic rings. The van der Waals surface area contributed by atoms with Crippen LogP contribution in [-0.2, 0) is 6.54 Å². The highest BCUT2D eigenvalue weighted by Crippen LogP contribution is 1.92. The molecule has 0 bridgehead atoms. The van der Waals surface area contributed by atoms with Gasteiger partial charge in [-0.2, -0.15) is 0 Å². The predicted octanol–water partition coefficient (Wildman–Crippen LogP) is 1.59. The van der Waals surface area contributed by atoms with E-state index in [0.717, 1.165) is 44.9 Å². The van der Waals surface area contributed by atoms with E-state index in [0.29, 0.717) is 0 Å². The molecule has 112 valence electrons. The van der Waals surface area contributed by atoms with E-state index in [1.807, 2.05) is 12.3 Å². The lowest BCUT2D eigenvalue weighted by molar-refractivity contribution is 0.585. The Morgan fingerprint density at radius 2 is 1.95 bits per heavy atom. The number of hydrogen-bond donors (Lipinski definition) is 2. The summed E-state index contributed by atoms with van der Waals surface area (Å²) in [6, 6.07) is 5.25. The number of pyridine rings is 1. The highest BCUT2D eigenvalue weighted by molar-refractivity contribution is 5.79. The number of unbranched alkanes of at least 4 members (excludes halogenated alkanes) is 2. The van der Waals surface area contributed by atoms with Crippen LogP contribution in [0.25, 0.3) is 0 Å². The van der Waals surface area contributed by atoms with Gasteiger partial charge in [0.15, 0.2) is 5.96 Å². The molecule has 5 heteroatoms. The second kappa shape index (κ2) is 10.1. The molecule has 0 amide bonds. The first-order valence-corrected chi connectivity index (χ1v) is 7.38. The average molecular weight is 278 g/mol. The van der Waals surface area contributed by atoms with Gasteiger partial charge in [-0.1, -0.05) is 19.4 Å². The Hall–Kier alpha value is -1.78. The van der Waals surface area contributed by atoms with E-state index in [9.17, 15) is 4.79 Å². The van der Waals surface area contributed by atoms with Crippen molar-refractivity contribution in [3.63, 3.8) is 0 Å². The summed E-state index contributed by atoms with van der Waals surface area (Å²) in [6.07, 6.45) is 6.15. The smallest absolute Gasteiger partial charge is 0.250 e. The summed E-state index contributed by atoms with van der Waals surface area (Å²) in [5, 5.41) is 6.55. The Kier molecular flexibility index (Phi) is 8.19. The molecule has 0 aliphatic rings. The van der Waals surface area contributed by atoms with Crippen molar-refractivity contribution in [2.75, 3.05) is 20.1 Å². The van der Waals surface area contributed by atoms with Crippen molar-refractivity contribution in [1.82, 2.24) is 15.2 Å². The topological polar surface area (TPSA) is 58.4 Å². The second-order valence-electron chi connectivity index (χ2n) is 4.72. The van der Waals surface area contributed by atoms with Crippen LogP contribution in [0.1, 0.15) is 32.6 Å². The molecule has 5 nitrogen and oxygen atoms in total. The van der Waals surface area contributed by atoms with E-state index >= 15 is 0 Å². The number of rotatable bonds is 8. The molecule has 20 heavy (non-hydrogen) atoms. The summed E-state index contributed by atoms with van der Waals surface area (Å²) in [5.74, 6) is 0.857. The van der Waals surface area contributed by atoms with Crippen LogP contribution in [0.2, 0.25) is 0 Å². The third kappa shape index (κ3) is 6.41. The Bertz CT molecular complexity index is 453. The standard InChI is InChI=1S/C15H26N4O/c1-3-4-10-17-15(16-2)18-11-6-8-13-19-12-7-5-9-14(19)20/h5,7,9,12H,3-4,6,8,10-11,13H2,1-2H3,(H2,16,17,18). The van der Waals surface area contributed by atoms with Gasteiger partial charge in [0.05, 0.1) is 0 Å². The molecule has 2 N–H and O–H groups in total. The molecule has 0 unspecified atom stereocenters. The molecule has 0 atom stereocenters. The van der Waals surface area contributed by atoms with Crippen LogP contribution in [0.15, 0.2) is 34.2 Å². The van der Waals surface area contributed by atoms with Crippen LogP contribution in [0, 0.1) is 0 Å². The molecule has 0 aliphatic carbocycles. The minimum atomic E-state index is 0.0671. The lowest BCUT2D eigenvalue weighted by atomic mass is 10.3. The Morgan fingerprint density at radius 1 is 1.20 bits per heavy atom. The SMILES string of the molecule is CCCCNC(=NC)NCCCCn1ccccc1=O. The van der Waals surface area contributed by atoms with Gasteiger partial charge in [-0.3, -0.25) is 9.79 Å². The van der Waals surface area contributed by atoms with Crippen molar-refractivity contribution in [3.8, 4) is 0 Å². The molecule has 1 aromatic heterocycles. The largest absolute Gasteiger partial charge is 0.356 e. The first-order chi connectivity index (χ1) is 9.77. The fraction of sp³-hybridized carbons (Fsp3) is 0.600. The number of hydrogen-bond acceptors (Lipinski definition) is 2. The molecular formula is C15H26N4O. The van der Waals surface area contributed by atoms with Crippen LogP contribution in [0.5, 0.6) is 0 Å². The van der Waals surface area contributed by atoms with E-state index < -0.39 is 0 Å². The maximum Gasteiger partial charge on any atom is 0.250 e. The van der Waals surface area contributed by atoms with Crippen LogP contribution in [-0.4, -0.2) is 30.7 Å². The maximum absolute atomic E-state index is 11.5. The lowest BCUT2D eigenvalue weighted by Crippen LogP contribution is -2.38. The zero-order valence-electron chi connectivity index (χ0n) is 12.6. The van der Waals surface area contributed by atoms with Gasteiger partial charge in [-0.15, -0.1) is 0 Å². The van der Waals surface area contributed by atoms with Crippen molar-refractivity contribution in [2.24, 2.45) is 4.99 Å². The predicted molar refractivity (Wildman–Crippen MR) is 84.2 cm³/mol. The first kappa shape index (κ1) is 16.3. The van der Waals surface area contributed by atoms with Crippen LogP contribution in [0.4, 0.5) is 0 Å². The molecule has 0 aromatic carbocycles. The third-order valence-electron chi connectivity index (χ3n) is 3.06. The average Bonchev–Trinajstić information content (AvgIpc) is 2.47. The number of nitrogens with one attached hydrogen (secondary N) is 2. The minimum absolute atomic E-state index is 0.0671. The van der Waals surface area contributed by atoms with Crippen molar-refractivity contribution in [3.05, 3.63) is 34.7 Å². The van der Waals surface area contributed by atoms with E-state index in [4.69, 9.17) is 0 Å². The van der Waals surface area contributed by atoms with Gasteiger partial charge in [-0.05, 0) is 25.3 Å². The molecule has 0 saturated carbocycles. The fourth-order valence-corrected chi connectivity index (χ4v) is 1.86. The van der Waals surface area contributed by atoms with E-state index in [-0.39, 0.29) is 5.56 Å². The minimum Gasteiger partial charge on any atom is -0.356 e. The fourth-order valence-electron chi connectivity index (χ4n) is 1.86. The van der Waals surface area contributed by atoms with Crippen LogP contribution in [0.3, 0.4) is 0 Å². The van der Waals surface area contributed by atoms with Gasteiger partial charge in [-0.25, -0.2) is 0 Å². The number of guanidine groups is 1. The van der Waals surface area contributed by atoms with Crippen molar-refractivity contribution in [1.29, 1.82) is 0 Å². The van der Waals surface area contributed by atoms with E-state index in [2.05, 4.69) is 22.5 Å². The van der Waals surface area contributed by atoms with E-state index in [1.165, 1.54) is 6.42 Å². The summed E-state index contributed by atoms with van der Waals surface area (Å²) >= 11 is 0. The summed E-state index contributed by atoms with van der Waals surface area (Å²) in [6.45, 7) is 4.76. The van der Waals surface area contributed by atoms with Gasteiger partial charge in [0.2, 0.25) is 5.56 Å². The normalized spacial score (nSPS) is 11.4. The molecule has 1 heterocycles. The highest BCUT2D eigenvalue weighted by atomic mass is 16.1. The lowest BCUT2D eigenvalue weighted by Gasteiger charge is -2.11. The Labute approximate surface area is 121 Å². The number of aromatic nitrogens is 1. The van der Waals surface area contributed by atoms with Crippen LogP contribution >= 0.6 is 0 Å². The quantitative estimate of drug-likeness (QED) is 0.431. The summed E-state index contributed by atoms with van der Waals surface area (Å²) in [5.41, 5.74) is 0.0671. The molecule has 0 spiro atoms. The van der Waals surface area contributed by atoms with Crippen molar-refractivity contribution in [2.45, 2.75) is 39.2 Å². The van der Waals surface area contributed by atoms with Gasteiger partial charge < -0.3 is 15.2 Å². The third-order valence-corrected chi connectivity index (χ3v) is 3.06. The molecular weight excluding hydrogens is 252 g/mol. The number of aryl methyl sites for hydroxylation is 1. The molecule has 0 saturated heterocycles. The molecule has 1 rings (SSSR count). The van der Waals surface area contributed by atoms with Crippen LogP contribution < -0.4 is 16.2 Å². The maximum atomic E-state index is 11.5.